The van der Waals surface area contributed by atoms with Crippen LogP contribution in [0.4, 0.5) is 4.79 Å². The zero-order valence-electron chi connectivity index (χ0n) is 12.2. The first-order chi connectivity index (χ1) is 10.2. The summed E-state index contributed by atoms with van der Waals surface area (Å²) in [4.78, 5) is 27.6. The van der Waals surface area contributed by atoms with E-state index >= 15 is 0 Å². The summed E-state index contributed by atoms with van der Waals surface area (Å²) in [7, 11) is 0. The van der Waals surface area contributed by atoms with Crippen molar-refractivity contribution < 1.29 is 14.3 Å². The lowest BCUT2D eigenvalue weighted by Gasteiger charge is -2.33. The van der Waals surface area contributed by atoms with Gasteiger partial charge in [0.05, 0.1) is 6.61 Å². The summed E-state index contributed by atoms with van der Waals surface area (Å²) in [6.45, 7) is 4.24. The number of carbonyl (C=O) groups is 2. The molecular formula is C14H20N4O3. The van der Waals surface area contributed by atoms with Crippen molar-refractivity contribution in [3.05, 3.63) is 17.0 Å². The predicted octanol–water partition coefficient (Wildman–Crippen LogP) is 0.813. The number of nitrogens with zero attached hydrogens (tertiary/aromatic N) is 3. The van der Waals surface area contributed by atoms with Crippen molar-refractivity contribution >= 4 is 12.0 Å². The highest BCUT2D eigenvalue weighted by atomic mass is 16.6. The van der Waals surface area contributed by atoms with Crippen LogP contribution < -0.4 is 0 Å². The number of hydrogen-bond donors (Lipinski definition) is 1. The maximum absolute atomic E-state index is 12.5. The lowest BCUT2D eigenvalue weighted by atomic mass is 10.1. The molecule has 0 atom stereocenters. The SMILES string of the molecule is CCOC(=O)N1CCN(C(=O)c2n[nH]c3c2CCC3)CC1. The normalized spacial score (nSPS) is 17.8. The molecule has 1 aromatic rings. The Hall–Kier alpha value is -2.05. The van der Waals surface area contributed by atoms with Crippen LogP contribution in [0, 0.1) is 0 Å². The van der Waals surface area contributed by atoms with Crippen LogP contribution >= 0.6 is 0 Å². The molecule has 0 bridgehead atoms. The third-order valence-corrected chi connectivity index (χ3v) is 4.10. The second-order valence-electron chi connectivity index (χ2n) is 5.36. The van der Waals surface area contributed by atoms with E-state index in [1.807, 2.05) is 0 Å². The lowest BCUT2D eigenvalue weighted by Crippen LogP contribution is -2.50. The summed E-state index contributed by atoms with van der Waals surface area (Å²) in [6, 6.07) is 0. The summed E-state index contributed by atoms with van der Waals surface area (Å²) >= 11 is 0. The van der Waals surface area contributed by atoms with Crippen molar-refractivity contribution in [2.45, 2.75) is 26.2 Å². The van der Waals surface area contributed by atoms with Gasteiger partial charge >= 0.3 is 6.09 Å². The number of aromatic amines is 1. The molecule has 2 heterocycles. The summed E-state index contributed by atoms with van der Waals surface area (Å²) in [5.41, 5.74) is 2.74. The van der Waals surface area contributed by atoms with E-state index in [4.69, 9.17) is 4.74 Å². The number of amides is 2. The van der Waals surface area contributed by atoms with E-state index in [9.17, 15) is 9.59 Å². The zero-order valence-corrected chi connectivity index (χ0v) is 12.2. The molecule has 114 valence electrons. The fourth-order valence-electron chi connectivity index (χ4n) is 2.95. The van der Waals surface area contributed by atoms with E-state index in [1.54, 1.807) is 16.7 Å². The van der Waals surface area contributed by atoms with Gasteiger partial charge in [-0.1, -0.05) is 0 Å². The van der Waals surface area contributed by atoms with E-state index < -0.39 is 0 Å². The van der Waals surface area contributed by atoms with Crippen molar-refractivity contribution in [1.82, 2.24) is 20.0 Å². The Bertz CT molecular complexity index is 546. The Labute approximate surface area is 123 Å². The minimum absolute atomic E-state index is 0.0297. The van der Waals surface area contributed by atoms with Crippen LogP contribution in [0.15, 0.2) is 0 Å². The van der Waals surface area contributed by atoms with Gasteiger partial charge in [-0.25, -0.2) is 4.79 Å². The highest BCUT2D eigenvalue weighted by Crippen LogP contribution is 2.24. The van der Waals surface area contributed by atoms with Crippen LogP contribution in [0.1, 0.15) is 35.1 Å². The summed E-state index contributed by atoms with van der Waals surface area (Å²) in [6.07, 6.45) is 2.69. The monoisotopic (exact) mass is 292 g/mol. The van der Waals surface area contributed by atoms with Gasteiger partial charge in [0.2, 0.25) is 0 Å². The molecule has 21 heavy (non-hydrogen) atoms. The molecule has 2 amide bonds. The zero-order chi connectivity index (χ0) is 14.8. The maximum Gasteiger partial charge on any atom is 0.409 e. The van der Waals surface area contributed by atoms with Crippen LogP contribution in [0.5, 0.6) is 0 Å². The Kier molecular flexibility index (Phi) is 3.81. The topological polar surface area (TPSA) is 78.5 Å². The van der Waals surface area contributed by atoms with Gasteiger partial charge in [-0.05, 0) is 26.2 Å². The molecule has 0 aromatic carbocycles. The lowest BCUT2D eigenvalue weighted by molar-refractivity contribution is 0.0565. The van der Waals surface area contributed by atoms with Gasteiger partial charge in [0.1, 0.15) is 0 Å². The van der Waals surface area contributed by atoms with Gasteiger partial charge in [-0.2, -0.15) is 5.10 Å². The number of piperazine rings is 1. The standard InChI is InChI=1S/C14H20N4O3/c1-2-21-14(20)18-8-6-17(7-9-18)13(19)12-10-4-3-5-11(10)15-16-12/h2-9H2,1H3,(H,15,16). The van der Waals surface area contributed by atoms with Gasteiger partial charge in [-0.3, -0.25) is 9.89 Å². The van der Waals surface area contributed by atoms with Crippen LogP contribution in [-0.2, 0) is 17.6 Å². The fourth-order valence-corrected chi connectivity index (χ4v) is 2.95. The van der Waals surface area contributed by atoms with E-state index in [0.717, 1.165) is 30.5 Å². The summed E-state index contributed by atoms with van der Waals surface area (Å²) in [5.74, 6) is -0.0297. The molecule has 1 aliphatic heterocycles. The Morgan fingerprint density at radius 1 is 1.19 bits per heavy atom. The van der Waals surface area contributed by atoms with Crippen LogP contribution in [-0.4, -0.2) is 64.8 Å². The number of hydrogen-bond acceptors (Lipinski definition) is 4. The molecule has 0 spiro atoms. The molecule has 0 saturated carbocycles. The van der Waals surface area contributed by atoms with Crippen molar-refractivity contribution in [1.29, 1.82) is 0 Å². The largest absolute Gasteiger partial charge is 0.450 e. The average molecular weight is 292 g/mol. The number of H-pyrrole nitrogens is 1. The highest BCUT2D eigenvalue weighted by molar-refractivity contribution is 5.94. The highest BCUT2D eigenvalue weighted by Gasteiger charge is 2.30. The number of nitrogens with one attached hydrogen (secondary N) is 1. The van der Waals surface area contributed by atoms with Crippen molar-refractivity contribution in [3.8, 4) is 0 Å². The van der Waals surface area contributed by atoms with Crippen molar-refractivity contribution in [2.24, 2.45) is 0 Å². The van der Waals surface area contributed by atoms with Gasteiger partial charge in [0.15, 0.2) is 5.69 Å². The van der Waals surface area contributed by atoms with Crippen LogP contribution in [0.2, 0.25) is 0 Å². The van der Waals surface area contributed by atoms with Crippen LogP contribution in [0.3, 0.4) is 0 Å². The predicted molar refractivity (Wildman–Crippen MR) is 75.1 cm³/mol. The van der Waals surface area contributed by atoms with Crippen molar-refractivity contribution in [2.75, 3.05) is 32.8 Å². The molecule has 0 unspecified atom stereocenters. The Balaban J connectivity index is 1.61. The molecule has 1 aromatic heterocycles. The second kappa shape index (κ2) is 5.75. The molecule has 1 fully saturated rings. The van der Waals surface area contributed by atoms with Gasteiger partial charge in [0, 0.05) is 37.4 Å². The molecule has 0 radical (unpaired) electrons. The summed E-state index contributed by atoms with van der Waals surface area (Å²) < 4.78 is 4.98. The molecule has 3 rings (SSSR count). The molecular weight excluding hydrogens is 272 g/mol. The maximum atomic E-state index is 12.5. The molecule has 1 N–H and O–H groups in total. The third kappa shape index (κ3) is 2.59. The first-order valence-electron chi connectivity index (χ1n) is 7.47. The third-order valence-electron chi connectivity index (χ3n) is 4.10. The fraction of sp³-hybridized carbons (Fsp3) is 0.643. The first kappa shape index (κ1) is 13.9. The average Bonchev–Trinajstić information content (AvgIpc) is 3.10. The number of aromatic nitrogens is 2. The first-order valence-corrected chi connectivity index (χ1v) is 7.47. The van der Waals surface area contributed by atoms with Gasteiger partial charge < -0.3 is 14.5 Å². The number of fused-ring (bicyclic) bond motifs is 1. The van der Waals surface area contributed by atoms with E-state index in [2.05, 4.69) is 10.2 Å². The number of ether oxygens (including phenoxy) is 1. The van der Waals surface area contributed by atoms with Gasteiger partial charge in [0.25, 0.3) is 5.91 Å². The number of rotatable bonds is 2. The molecule has 1 saturated heterocycles. The minimum atomic E-state index is -0.301. The summed E-state index contributed by atoms with van der Waals surface area (Å²) in [5, 5.41) is 7.14. The van der Waals surface area contributed by atoms with E-state index in [1.165, 1.54) is 0 Å². The minimum Gasteiger partial charge on any atom is -0.450 e. The Morgan fingerprint density at radius 2 is 1.90 bits per heavy atom. The van der Waals surface area contributed by atoms with Crippen LogP contribution in [0.25, 0.3) is 0 Å². The Morgan fingerprint density at radius 3 is 2.62 bits per heavy atom. The smallest absolute Gasteiger partial charge is 0.409 e. The quantitative estimate of drug-likeness (QED) is 0.875. The van der Waals surface area contributed by atoms with E-state index in [0.29, 0.717) is 38.5 Å². The second-order valence-corrected chi connectivity index (χ2v) is 5.36. The van der Waals surface area contributed by atoms with E-state index in [-0.39, 0.29) is 12.0 Å². The number of carbonyl (C=O) groups excluding carboxylic acids is 2. The molecule has 1 aliphatic carbocycles. The van der Waals surface area contributed by atoms with Gasteiger partial charge in [-0.15, -0.1) is 0 Å². The number of aryl methyl sites for hydroxylation is 1. The molecule has 7 nitrogen and oxygen atoms in total. The van der Waals surface area contributed by atoms with Crippen molar-refractivity contribution in [3.63, 3.8) is 0 Å². The molecule has 2 aliphatic rings. The molecule has 7 heteroatoms.